The van der Waals surface area contributed by atoms with Gasteiger partial charge in [0.25, 0.3) is 0 Å². The highest BCUT2D eigenvalue weighted by molar-refractivity contribution is 7.15. The van der Waals surface area contributed by atoms with E-state index in [4.69, 9.17) is 0 Å². The maximum atomic E-state index is 12.7. The predicted octanol–water partition coefficient (Wildman–Crippen LogP) is 3.16. The number of carbonyl (C=O) groups is 1. The zero-order valence-electron chi connectivity index (χ0n) is 9.94. The molecule has 2 rings (SSSR count). The van der Waals surface area contributed by atoms with E-state index in [0.29, 0.717) is 18.0 Å². The van der Waals surface area contributed by atoms with Crippen molar-refractivity contribution in [3.63, 3.8) is 0 Å². The van der Waals surface area contributed by atoms with Gasteiger partial charge in [-0.3, -0.25) is 4.79 Å². The molecule has 0 spiro atoms. The number of rotatable bonds is 4. The van der Waals surface area contributed by atoms with Crippen LogP contribution in [0.3, 0.4) is 0 Å². The van der Waals surface area contributed by atoms with E-state index < -0.39 is 0 Å². The van der Waals surface area contributed by atoms with E-state index >= 15 is 0 Å². The highest BCUT2D eigenvalue weighted by Crippen LogP contribution is 2.16. The molecule has 18 heavy (non-hydrogen) atoms. The molecule has 0 fully saturated rings. The highest BCUT2D eigenvalue weighted by atomic mass is 32.1. The van der Waals surface area contributed by atoms with E-state index in [9.17, 15) is 9.18 Å². The van der Waals surface area contributed by atoms with Crippen molar-refractivity contribution in [1.82, 2.24) is 4.98 Å². The average molecular weight is 264 g/mol. The lowest BCUT2D eigenvalue weighted by Gasteiger charge is -2.02. The Kier molecular flexibility index (Phi) is 4.04. The second-order valence-electron chi connectivity index (χ2n) is 3.95. The van der Waals surface area contributed by atoms with Crippen LogP contribution in [0, 0.1) is 12.7 Å². The molecule has 0 saturated carbocycles. The number of amides is 1. The van der Waals surface area contributed by atoms with Crippen molar-refractivity contribution in [2.45, 2.75) is 19.8 Å². The fourth-order valence-corrected chi connectivity index (χ4v) is 2.18. The summed E-state index contributed by atoms with van der Waals surface area (Å²) in [6.45, 7) is 1.94. The summed E-state index contributed by atoms with van der Waals surface area (Å²) >= 11 is 1.45. The minimum absolute atomic E-state index is 0.0753. The highest BCUT2D eigenvalue weighted by Gasteiger charge is 2.05. The minimum Gasteiger partial charge on any atom is -0.302 e. The number of halogens is 1. The lowest BCUT2D eigenvalue weighted by atomic mass is 10.1. The molecule has 3 nitrogen and oxygen atoms in total. The van der Waals surface area contributed by atoms with E-state index in [2.05, 4.69) is 10.3 Å². The van der Waals surface area contributed by atoms with Gasteiger partial charge < -0.3 is 5.32 Å². The zero-order chi connectivity index (χ0) is 13.0. The molecule has 0 atom stereocenters. The largest absolute Gasteiger partial charge is 0.302 e. The van der Waals surface area contributed by atoms with Gasteiger partial charge in [-0.15, -0.1) is 11.3 Å². The van der Waals surface area contributed by atoms with Crippen molar-refractivity contribution in [2.75, 3.05) is 5.32 Å². The van der Waals surface area contributed by atoms with Gasteiger partial charge in [0.1, 0.15) is 5.82 Å². The summed E-state index contributed by atoms with van der Waals surface area (Å²) < 4.78 is 12.7. The summed E-state index contributed by atoms with van der Waals surface area (Å²) in [5.74, 6) is -0.338. The molecule has 0 saturated heterocycles. The third-order valence-corrected chi connectivity index (χ3v) is 3.25. The first-order valence-corrected chi connectivity index (χ1v) is 6.42. The van der Waals surface area contributed by atoms with Crippen molar-refractivity contribution in [1.29, 1.82) is 0 Å². The fourth-order valence-electron chi connectivity index (χ4n) is 1.50. The van der Waals surface area contributed by atoms with Crippen LogP contribution >= 0.6 is 11.3 Å². The summed E-state index contributed by atoms with van der Waals surface area (Å²) in [5.41, 5.74) is 0.946. The number of hydrogen-bond acceptors (Lipinski definition) is 3. The predicted molar refractivity (Wildman–Crippen MR) is 70.2 cm³/mol. The number of anilines is 1. The molecule has 0 aliphatic carbocycles. The Hall–Kier alpha value is -1.75. The van der Waals surface area contributed by atoms with Crippen molar-refractivity contribution >= 4 is 22.4 Å². The van der Waals surface area contributed by atoms with Crippen molar-refractivity contribution in [3.05, 3.63) is 46.7 Å². The third-order valence-electron chi connectivity index (χ3n) is 2.42. The molecule has 2 aromatic rings. The molecule has 1 amide bonds. The molecule has 0 radical (unpaired) electrons. The van der Waals surface area contributed by atoms with Gasteiger partial charge in [-0.25, -0.2) is 9.37 Å². The molecular weight excluding hydrogens is 251 g/mol. The number of aromatic nitrogens is 1. The van der Waals surface area contributed by atoms with Crippen molar-refractivity contribution < 1.29 is 9.18 Å². The summed E-state index contributed by atoms with van der Waals surface area (Å²) in [6.07, 6.45) is 2.68. The van der Waals surface area contributed by atoms with Crippen LogP contribution in [0.15, 0.2) is 30.5 Å². The number of carbonyl (C=O) groups excluding carboxylic acids is 1. The van der Waals surface area contributed by atoms with Crippen LogP contribution in [0.4, 0.5) is 9.52 Å². The van der Waals surface area contributed by atoms with Gasteiger partial charge in [0, 0.05) is 17.5 Å². The van der Waals surface area contributed by atoms with Crippen LogP contribution in [-0.4, -0.2) is 10.9 Å². The van der Waals surface area contributed by atoms with E-state index in [1.54, 1.807) is 18.3 Å². The first kappa shape index (κ1) is 12.7. The van der Waals surface area contributed by atoms with Crippen LogP contribution in [-0.2, 0) is 11.2 Å². The quantitative estimate of drug-likeness (QED) is 0.921. The minimum atomic E-state index is -0.263. The Morgan fingerprint density at radius 3 is 2.72 bits per heavy atom. The Morgan fingerprint density at radius 1 is 1.39 bits per heavy atom. The normalized spacial score (nSPS) is 10.3. The van der Waals surface area contributed by atoms with Crippen molar-refractivity contribution in [2.24, 2.45) is 0 Å². The fraction of sp³-hybridized carbons (Fsp3) is 0.231. The molecule has 1 N–H and O–H groups in total. The lowest BCUT2D eigenvalue weighted by Crippen LogP contribution is -2.11. The van der Waals surface area contributed by atoms with Gasteiger partial charge >= 0.3 is 0 Å². The number of nitrogens with zero attached hydrogens (tertiary/aromatic N) is 1. The summed E-state index contributed by atoms with van der Waals surface area (Å²) in [5, 5.41) is 3.36. The molecule has 94 valence electrons. The molecule has 1 aromatic heterocycles. The number of thiazole rings is 1. The monoisotopic (exact) mass is 264 g/mol. The SMILES string of the molecule is Cc1cnc(NC(=O)CCc2ccc(F)cc2)s1. The lowest BCUT2D eigenvalue weighted by molar-refractivity contribution is -0.116. The summed E-state index contributed by atoms with van der Waals surface area (Å²) in [6, 6.07) is 6.18. The Bertz CT molecular complexity index is 536. The topological polar surface area (TPSA) is 42.0 Å². The maximum absolute atomic E-state index is 12.7. The molecule has 5 heteroatoms. The van der Waals surface area contributed by atoms with Crippen molar-refractivity contribution in [3.8, 4) is 0 Å². The molecule has 0 bridgehead atoms. The van der Waals surface area contributed by atoms with E-state index in [1.165, 1.54) is 23.5 Å². The molecule has 0 aliphatic heterocycles. The van der Waals surface area contributed by atoms with Gasteiger partial charge in [-0.05, 0) is 31.0 Å². The Morgan fingerprint density at radius 2 is 2.11 bits per heavy atom. The van der Waals surface area contributed by atoms with Crippen LogP contribution in [0.25, 0.3) is 0 Å². The molecule has 0 unspecified atom stereocenters. The standard InChI is InChI=1S/C13H13FN2OS/c1-9-8-15-13(18-9)16-12(17)7-4-10-2-5-11(14)6-3-10/h2-3,5-6,8H,4,7H2,1H3,(H,15,16,17). The Balaban J connectivity index is 1.83. The van der Waals surface area contributed by atoms with E-state index in [0.717, 1.165) is 10.4 Å². The van der Waals surface area contributed by atoms with Gasteiger partial charge in [0.15, 0.2) is 5.13 Å². The van der Waals surface area contributed by atoms with Gasteiger partial charge in [0.2, 0.25) is 5.91 Å². The third kappa shape index (κ3) is 3.63. The number of nitrogens with one attached hydrogen (secondary N) is 1. The molecule has 1 heterocycles. The molecule has 1 aromatic carbocycles. The average Bonchev–Trinajstić information content (AvgIpc) is 2.74. The summed E-state index contributed by atoms with van der Waals surface area (Å²) in [4.78, 5) is 16.8. The molecule has 0 aliphatic rings. The van der Waals surface area contributed by atoms with Crippen LogP contribution in [0.5, 0.6) is 0 Å². The van der Waals surface area contributed by atoms with E-state index in [1.807, 2.05) is 6.92 Å². The number of benzene rings is 1. The Labute approximate surface area is 109 Å². The van der Waals surface area contributed by atoms with E-state index in [-0.39, 0.29) is 11.7 Å². The smallest absolute Gasteiger partial charge is 0.226 e. The zero-order valence-corrected chi connectivity index (χ0v) is 10.8. The van der Waals surface area contributed by atoms with Gasteiger partial charge in [-0.2, -0.15) is 0 Å². The van der Waals surface area contributed by atoms with Crippen LogP contribution in [0.2, 0.25) is 0 Å². The first-order valence-electron chi connectivity index (χ1n) is 5.60. The number of hydrogen-bond donors (Lipinski definition) is 1. The second-order valence-corrected chi connectivity index (χ2v) is 5.19. The first-order chi connectivity index (χ1) is 8.63. The van der Waals surface area contributed by atoms with Gasteiger partial charge in [-0.1, -0.05) is 12.1 Å². The van der Waals surface area contributed by atoms with Crippen LogP contribution < -0.4 is 5.32 Å². The second kappa shape index (κ2) is 5.73. The summed E-state index contributed by atoms with van der Waals surface area (Å²) in [7, 11) is 0. The number of aryl methyl sites for hydroxylation is 2. The van der Waals surface area contributed by atoms with Gasteiger partial charge in [0.05, 0.1) is 0 Å². The van der Waals surface area contributed by atoms with Crippen LogP contribution in [0.1, 0.15) is 16.9 Å². The molecular formula is C13H13FN2OS. The maximum Gasteiger partial charge on any atom is 0.226 e.